The third-order valence-corrected chi connectivity index (χ3v) is 5.13. The predicted octanol–water partition coefficient (Wildman–Crippen LogP) is -1.06. The van der Waals surface area contributed by atoms with Gasteiger partial charge in [-0.2, -0.15) is 4.31 Å². The van der Waals surface area contributed by atoms with Crippen LogP contribution in [0.25, 0.3) is 0 Å². The normalized spacial score (nSPS) is 19.2. The minimum Gasteiger partial charge on any atom is -0.357 e. The number of nitrogens with zero attached hydrogens (tertiary/aromatic N) is 3. The largest absolute Gasteiger partial charge is 0.357 e. The van der Waals surface area contributed by atoms with Gasteiger partial charge < -0.3 is 5.32 Å². The number of piperazine rings is 1. The molecule has 2 N–H and O–H groups in total. The van der Waals surface area contributed by atoms with Gasteiger partial charge in [-0.15, -0.1) is 0 Å². The molecule has 21 heavy (non-hydrogen) atoms. The van der Waals surface area contributed by atoms with E-state index in [4.69, 9.17) is 0 Å². The average Bonchev–Trinajstić information content (AvgIpc) is 2.43. The predicted molar refractivity (Wildman–Crippen MR) is 72.7 cm³/mol. The molecule has 1 aliphatic heterocycles. The van der Waals surface area contributed by atoms with Crippen molar-refractivity contribution in [3.63, 3.8) is 0 Å². The van der Waals surface area contributed by atoms with Gasteiger partial charge in [0.1, 0.15) is 10.4 Å². The molecule has 2 heterocycles. The monoisotopic (exact) mass is 313 g/mol. The Kier molecular flexibility index (Phi) is 3.68. The Morgan fingerprint density at radius 3 is 2.38 bits per heavy atom. The number of aromatic nitrogens is 2. The number of amides is 2. The molecule has 1 saturated heterocycles. The van der Waals surface area contributed by atoms with Gasteiger partial charge in [0.15, 0.2) is 0 Å². The van der Waals surface area contributed by atoms with E-state index >= 15 is 0 Å². The van der Waals surface area contributed by atoms with Crippen molar-refractivity contribution in [1.82, 2.24) is 19.6 Å². The second-order valence-corrected chi connectivity index (χ2v) is 6.80. The smallest absolute Gasteiger partial charge is 0.247 e. The maximum Gasteiger partial charge on any atom is 0.247 e. The van der Waals surface area contributed by atoms with Crippen LogP contribution in [0.4, 0.5) is 5.95 Å². The summed E-state index contributed by atoms with van der Waals surface area (Å²) in [5.41, 5.74) is -1.38. The number of anilines is 1. The molecule has 0 aromatic carbocycles. The Balaban J connectivity index is 2.45. The molecule has 1 fully saturated rings. The molecular weight excluding hydrogens is 298 g/mol. The molecule has 2 rings (SSSR count). The Morgan fingerprint density at radius 1 is 1.29 bits per heavy atom. The van der Waals surface area contributed by atoms with Crippen LogP contribution in [0.3, 0.4) is 0 Å². The van der Waals surface area contributed by atoms with Crippen LogP contribution >= 0.6 is 0 Å². The molecule has 2 amide bonds. The zero-order valence-corrected chi connectivity index (χ0v) is 12.6. The summed E-state index contributed by atoms with van der Waals surface area (Å²) in [5.74, 6) is -1.08. The summed E-state index contributed by atoms with van der Waals surface area (Å²) < 4.78 is 26.0. The van der Waals surface area contributed by atoms with Gasteiger partial charge in [-0.05, 0) is 13.8 Å². The first-order valence-corrected chi connectivity index (χ1v) is 7.50. The molecule has 0 saturated carbocycles. The first-order valence-electron chi connectivity index (χ1n) is 6.06. The van der Waals surface area contributed by atoms with E-state index < -0.39 is 33.9 Å². The first-order chi connectivity index (χ1) is 9.69. The molecule has 0 aliphatic carbocycles. The highest BCUT2D eigenvalue weighted by Gasteiger charge is 2.47. The maximum atomic E-state index is 12.6. The van der Waals surface area contributed by atoms with Gasteiger partial charge in [-0.1, -0.05) is 0 Å². The summed E-state index contributed by atoms with van der Waals surface area (Å²) in [5, 5.41) is 4.78. The van der Waals surface area contributed by atoms with Crippen molar-refractivity contribution >= 4 is 27.8 Å². The van der Waals surface area contributed by atoms with E-state index in [1.165, 1.54) is 13.8 Å². The van der Waals surface area contributed by atoms with Crippen molar-refractivity contribution in [2.75, 3.05) is 18.9 Å². The van der Waals surface area contributed by atoms with E-state index in [0.29, 0.717) is 0 Å². The summed E-state index contributed by atoms with van der Waals surface area (Å²) >= 11 is 0. The molecule has 9 nitrogen and oxygen atoms in total. The second-order valence-electron chi connectivity index (χ2n) is 4.94. The van der Waals surface area contributed by atoms with Crippen LogP contribution in [-0.4, -0.2) is 53.6 Å². The lowest BCUT2D eigenvalue weighted by atomic mass is 10.0. The second kappa shape index (κ2) is 5.04. The van der Waals surface area contributed by atoms with Crippen molar-refractivity contribution in [2.24, 2.45) is 0 Å². The Morgan fingerprint density at radius 2 is 1.86 bits per heavy atom. The fourth-order valence-corrected chi connectivity index (χ4v) is 3.45. The highest BCUT2D eigenvalue weighted by molar-refractivity contribution is 7.89. The van der Waals surface area contributed by atoms with Crippen molar-refractivity contribution in [3.05, 3.63) is 12.4 Å². The number of hydrogen-bond acceptors (Lipinski definition) is 7. The van der Waals surface area contributed by atoms with Crippen molar-refractivity contribution < 1.29 is 18.0 Å². The Bertz CT molecular complexity index is 683. The lowest BCUT2D eigenvalue weighted by molar-refractivity contribution is -0.141. The third-order valence-electron chi connectivity index (χ3n) is 3.16. The highest BCUT2D eigenvalue weighted by atomic mass is 32.2. The van der Waals surface area contributed by atoms with E-state index in [-0.39, 0.29) is 10.8 Å². The zero-order valence-electron chi connectivity index (χ0n) is 11.7. The van der Waals surface area contributed by atoms with Crippen LogP contribution in [0.5, 0.6) is 0 Å². The van der Waals surface area contributed by atoms with E-state index in [1.54, 1.807) is 7.05 Å². The van der Waals surface area contributed by atoms with E-state index in [2.05, 4.69) is 20.6 Å². The summed E-state index contributed by atoms with van der Waals surface area (Å²) in [4.78, 5) is 30.8. The maximum absolute atomic E-state index is 12.6. The number of sulfonamides is 1. The number of nitrogens with one attached hydrogen (secondary N) is 2. The molecule has 114 valence electrons. The minimum absolute atomic E-state index is 0.183. The molecule has 1 aromatic rings. The van der Waals surface area contributed by atoms with Crippen LogP contribution < -0.4 is 10.6 Å². The van der Waals surface area contributed by atoms with E-state index in [9.17, 15) is 18.0 Å². The highest BCUT2D eigenvalue weighted by Crippen LogP contribution is 2.26. The van der Waals surface area contributed by atoms with E-state index in [1.807, 2.05) is 0 Å². The molecule has 0 radical (unpaired) electrons. The van der Waals surface area contributed by atoms with Crippen molar-refractivity contribution in [1.29, 1.82) is 0 Å². The lowest BCUT2D eigenvalue weighted by Gasteiger charge is -2.38. The van der Waals surface area contributed by atoms with Gasteiger partial charge in [0, 0.05) is 7.05 Å². The number of rotatable bonds is 3. The molecule has 1 aromatic heterocycles. The molecule has 0 spiro atoms. The third kappa shape index (κ3) is 2.59. The summed E-state index contributed by atoms with van der Waals surface area (Å²) in [7, 11) is -2.46. The molecular formula is C11H15N5O4S. The van der Waals surface area contributed by atoms with Gasteiger partial charge in [-0.25, -0.2) is 18.4 Å². The number of carbonyl (C=O) groups is 2. The topological polar surface area (TPSA) is 121 Å². The van der Waals surface area contributed by atoms with Crippen LogP contribution in [0.15, 0.2) is 17.3 Å². The van der Waals surface area contributed by atoms with Gasteiger partial charge in [0.05, 0.1) is 18.9 Å². The quantitative estimate of drug-likeness (QED) is 0.682. The molecule has 0 bridgehead atoms. The van der Waals surface area contributed by atoms with Crippen molar-refractivity contribution in [3.8, 4) is 0 Å². The van der Waals surface area contributed by atoms with Gasteiger partial charge >= 0.3 is 0 Å². The molecule has 0 unspecified atom stereocenters. The lowest BCUT2D eigenvalue weighted by Crippen LogP contribution is -2.65. The number of hydrogen-bond donors (Lipinski definition) is 2. The van der Waals surface area contributed by atoms with Crippen molar-refractivity contribution in [2.45, 2.75) is 24.3 Å². The minimum atomic E-state index is -4.06. The summed E-state index contributed by atoms with van der Waals surface area (Å²) in [6.45, 7) is 2.42. The molecule has 0 atom stereocenters. The first kappa shape index (κ1) is 15.3. The van der Waals surface area contributed by atoms with Gasteiger partial charge in [-0.3, -0.25) is 14.9 Å². The molecule has 1 aliphatic rings. The van der Waals surface area contributed by atoms with Gasteiger partial charge in [0.25, 0.3) is 0 Å². The standard InChI is InChI=1S/C11H15N5O4S/c1-11(2)9(18)15-8(17)6-16(11)21(19,20)7-4-13-10(12-3)14-5-7/h4-5H,6H2,1-3H3,(H,12,13,14)(H,15,17,18). The zero-order chi connectivity index (χ0) is 15.8. The number of carbonyl (C=O) groups excluding carboxylic acids is 2. The SMILES string of the molecule is CNc1ncc(S(=O)(=O)N2CC(=O)NC(=O)C2(C)C)cn1. The fourth-order valence-electron chi connectivity index (χ4n) is 1.85. The number of imide groups is 1. The van der Waals surface area contributed by atoms with Crippen LogP contribution in [-0.2, 0) is 19.6 Å². The fraction of sp³-hybridized carbons (Fsp3) is 0.455. The summed E-state index contributed by atoms with van der Waals surface area (Å²) in [6, 6.07) is 0. The van der Waals surface area contributed by atoms with E-state index in [0.717, 1.165) is 16.7 Å². The van der Waals surface area contributed by atoms with Gasteiger partial charge in [0.2, 0.25) is 27.8 Å². The average molecular weight is 313 g/mol. The Labute approximate surface area is 121 Å². The van der Waals surface area contributed by atoms with Crippen LogP contribution in [0, 0.1) is 0 Å². The summed E-state index contributed by atoms with van der Waals surface area (Å²) in [6.07, 6.45) is 2.25. The van der Waals surface area contributed by atoms with Crippen LogP contribution in [0.1, 0.15) is 13.8 Å². The Hall–Kier alpha value is -2.07. The molecule has 10 heteroatoms. The van der Waals surface area contributed by atoms with Crippen LogP contribution in [0.2, 0.25) is 0 Å².